The number of hydrogen-bond donors (Lipinski definition) is 1. The van der Waals surface area contributed by atoms with Gasteiger partial charge in [0.1, 0.15) is 17.2 Å². The van der Waals surface area contributed by atoms with Gasteiger partial charge in [0, 0.05) is 57.5 Å². The summed E-state index contributed by atoms with van der Waals surface area (Å²) in [5.41, 5.74) is 1.04. The summed E-state index contributed by atoms with van der Waals surface area (Å²) >= 11 is 0. The van der Waals surface area contributed by atoms with Gasteiger partial charge in [0.05, 0.1) is 26.9 Å². The molecule has 0 saturated carbocycles. The average Bonchev–Trinajstić information content (AvgIpc) is 2.63. The standard InChI is InChI=1S/C20H34N2O4/c1-15(2)12-22-8-7-21(13-16(22)6-9-23)14-18-19(25-4)10-17(24-3)11-20(18)26-5/h10-11,15-16,23H,6-9,12-14H2,1-5H3. The van der Waals surface area contributed by atoms with Gasteiger partial charge >= 0.3 is 0 Å². The number of nitrogens with zero attached hydrogens (tertiary/aromatic N) is 2. The lowest BCUT2D eigenvalue weighted by Crippen LogP contribution is -2.53. The van der Waals surface area contributed by atoms with E-state index in [2.05, 4.69) is 23.6 Å². The fraction of sp³-hybridized carbons (Fsp3) is 0.700. The minimum absolute atomic E-state index is 0.224. The normalized spacial score (nSPS) is 19.0. The van der Waals surface area contributed by atoms with Gasteiger partial charge in [-0.2, -0.15) is 0 Å². The average molecular weight is 367 g/mol. The van der Waals surface area contributed by atoms with Gasteiger partial charge in [0.25, 0.3) is 0 Å². The quantitative estimate of drug-likeness (QED) is 0.723. The maximum absolute atomic E-state index is 9.47. The Morgan fingerprint density at radius 1 is 1.08 bits per heavy atom. The van der Waals surface area contributed by atoms with Crippen LogP contribution in [0.25, 0.3) is 0 Å². The van der Waals surface area contributed by atoms with Crippen LogP contribution in [0, 0.1) is 5.92 Å². The van der Waals surface area contributed by atoms with Crippen LogP contribution in [0.4, 0.5) is 0 Å². The van der Waals surface area contributed by atoms with Crippen LogP contribution in [0.1, 0.15) is 25.8 Å². The molecular weight excluding hydrogens is 332 g/mol. The molecule has 0 spiro atoms. The van der Waals surface area contributed by atoms with Crippen LogP contribution in [0.15, 0.2) is 12.1 Å². The third-order valence-electron chi connectivity index (χ3n) is 4.95. The van der Waals surface area contributed by atoms with E-state index in [9.17, 15) is 5.11 Å². The molecule has 6 heteroatoms. The second-order valence-electron chi connectivity index (χ2n) is 7.30. The van der Waals surface area contributed by atoms with Crippen molar-refractivity contribution in [1.82, 2.24) is 9.80 Å². The highest BCUT2D eigenvalue weighted by Gasteiger charge is 2.28. The number of methoxy groups -OCH3 is 3. The van der Waals surface area contributed by atoms with E-state index in [-0.39, 0.29) is 6.61 Å². The van der Waals surface area contributed by atoms with E-state index < -0.39 is 0 Å². The summed E-state index contributed by atoms with van der Waals surface area (Å²) in [5, 5.41) is 9.47. The number of aliphatic hydroxyl groups is 1. The molecule has 1 aliphatic rings. The molecule has 1 saturated heterocycles. The maximum Gasteiger partial charge on any atom is 0.130 e. The fourth-order valence-corrected chi connectivity index (χ4v) is 3.69. The lowest BCUT2D eigenvalue weighted by atomic mass is 10.0. The summed E-state index contributed by atoms with van der Waals surface area (Å²) in [6.45, 7) is 9.50. The van der Waals surface area contributed by atoms with Gasteiger partial charge in [0.15, 0.2) is 0 Å². The van der Waals surface area contributed by atoms with E-state index >= 15 is 0 Å². The SMILES string of the molecule is COc1cc(OC)c(CN2CCN(CC(C)C)C(CCO)C2)c(OC)c1. The molecule has 1 unspecified atom stereocenters. The maximum atomic E-state index is 9.47. The Balaban J connectivity index is 2.15. The van der Waals surface area contributed by atoms with Crippen molar-refractivity contribution in [1.29, 1.82) is 0 Å². The number of piperazine rings is 1. The molecule has 1 N–H and O–H groups in total. The van der Waals surface area contributed by atoms with E-state index in [1.54, 1.807) is 21.3 Å². The number of rotatable bonds is 9. The van der Waals surface area contributed by atoms with E-state index in [0.29, 0.717) is 12.0 Å². The molecule has 26 heavy (non-hydrogen) atoms. The highest BCUT2D eigenvalue weighted by atomic mass is 16.5. The van der Waals surface area contributed by atoms with Gasteiger partial charge in [-0.3, -0.25) is 9.80 Å². The zero-order valence-electron chi connectivity index (χ0n) is 16.8. The van der Waals surface area contributed by atoms with Crippen molar-refractivity contribution in [2.45, 2.75) is 32.9 Å². The van der Waals surface area contributed by atoms with Gasteiger partial charge in [-0.25, -0.2) is 0 Å². The summed E-state index contributed by atoms with van der Waals surface area (Å²) in [6.07, 6.45) is 0.806. The highest BCUT2D eigenvalue weighted by molar-refractivity contribution is 5.50. The van der Waals surface area contributed by atoms with Gasteiger partial charge in [-0.1, -0.05) is 13.8 Å². The fourth-order valence-electron chi connectivity index (χ4n) is 3.69. The predicted octanol–water partition coefficient (Wildman–Crippen LogP) is 2.24. The lowest BCUT2D eigenvalue weighted by molar-refractivity contribution is 0.0470. The van der Waals surface area contributed by atoms with Gasteiger partial charge in [0.2, 0.25) is 0 Å². The summed E-state index contributed by atoms with van der Waals surface area (Å²) < 4.78 is 16.5. The Kier molecular flexibility index (Phi) is 8.00. The second-order valence-corrected chi connectivity index (χ2v) is 7.30. The smallest absolute Gasteiger partial charge is 0.130 e. The van der Waals surface area contributed by atoms with Gasteiger partial charge in [-0.05, 0) is 12.3 Å². The largest absolute Gasteiger partial charge is 0.496 e. The van der Waals surface area contributed by atoms with Crippen LogP contribution in [-0.4, -0.2) is 75.1 Å². The second kappa shape index (κ2) is 10.00. The summed E-state index contributed by atoms with van der Waals surface area (Å²) in [5.74, 6) is 2.92. The Bertz CT molecular complexity index is 540. The van der Waals surface area contributed by atoms with Crippen molar-refractivity contribution in [2.24, 2.45) is 5.92 Å². The first-order valence-corrected chi connectivity index (χ1v) is 9.38. The molecule has 0 radical (unpaired) electrons. The summed E-state index contributed by atoms with van der Waals surface area (Å²) in [6, 6.07) is 4.18. The van der Waals surface area contributed by atoms with E-state index in [0.717, 1.165) is 62.0 Å². The minimum Gasteiger partial charge on any atom is -0.496 e. The Labute approximate surface area is 157 Å². The molecule has 148 valence electrons. The van der Waals surface area contributed by atoms with Crippen LogP contribution in [-0.2, 0) is 6.54 Å². The molecule has 6 nitrogen and oxygen atoms in total. The molecule has 1 aliphatic heterocycles. The molecule has 0 aliphatic carbocycles. The molecule has 1 fully saturated rings. The first-order valence-electron chi connectivity index (χ1n) is 9.38. The Hall–Kier alpha value is -1.50. The molecular formula is C20H34N2O4. The number of ether oxygens (including phenoxy) is 3. The van der Waals surface area contributed by atoms with Crippen molar-refractivity contribution in [3.63, 3.8) is 0 Å². The van der Waals surface area contributed by atoms with Crippen molar-refractivity contribution < 1.29 is 19.3 Å². The van der Waals surface area contributed by atoms with Crippen LogP contribution in [0.5, 0.6) is 17.2 Å². The molecule has 0 aromatic heterocycles. The molecule has 1 aromatic carbocycles. The molecule has 0 bridgehead atoms. The predicted molar refractivity (Wildman–Crippen MR) is 103 cm³/mol. The van der Waals surface area contributed by atoms with E-state index in [4.69, 9.17) is 14.2 Å². The monoisotopic (exact) mass is 366 g/mol. The van der Waals surface area contributed by atoms with Crippen LogP contribution in [0.3, 0.4) is 0 Å². The topological polar surface area (TPSA) is 54.4 Å². The zero-order chi connectivity index (χ0) is 19.1. The van der Waals surface area contributed by atoms with Crippen molar-refractivity contribution in [3.8, 4) is 17.2 Å². The first kappa shape index (κ1) is 20.8. The number of aliphatic hydroxyl groups excluding tert-OH is 1. The Morgan fingerprint density at radius 2 is 1.73 bits per heavy atom. The Morgan fingerprint density at radius 3 is 2.23 bits per heavy atom. The molecule has 1 atom stereocenters. The van der Waals surface area contributed by atoms with Crippen LogP contribution < -0.4 is 14.2 Å². The van der Waals surface area contributed by atoms with Crippen LogP contribution >= 0.6 is 0 Å². The van der Waals surface area contributed by atoms with Gasteiger partial charge in [-0.15, -0.1) is 0 Å². The molecule has 1 heterocycles. The minimum atomic E-state index is 0.224. The number of benzene rings is 1. The zero-order valence-corrected chi connectivity index (χ0v) is 16.8. The first-order chi connectivity index (χ1) is 12.5. The highest BCUT2D eigenvalue weighted by Crippen LogP contribution is 2.35. The van der Waals surface area contributed by atoms with E-state index in [1.165, 1.54) is 0 Å². The third kappa shape index (κ3) is 5.25. The van der Waals surface area contributed by atoms with Crippen molar-refractivity contribution in [2.75, 3.05) is 54.1 Å². The molecule has 2 rings (SSSR count). The van der Waals surface area contributed by atoms with Crippen LogP contribution in [0.2, 0.25) is 0 Å². The third-order valence-corrected chi connectivity index (χ3v) is 4.95. The molecule has 0 amide bonds. The lowest BCUT2D eigenvalue weighted by Gasteiger charge is -2.42. The molecule has 1 aromatic rings. The van der Waals surface area contributed by atoms with E-state index in [1.807, 2.05) is 12.1 Å². The number of hydrogen-bond acceptors (Lipinski definition) is 6. The van der Waals surface area contributed by atoms with Crippen molar-refractivity contribution >= 4 is 0 Å². The van der Waals surface area contributed by atoms with Gasteiger partial charge < -0.3 is 19.3 Å². The summed E-state index contributed by atoms with van der Waals surface area (Å²) in [7, 11) is 4.99. The van der Waals surface area contributed by atoms with Crippen molar-refractivity contribution in [3.05, 3.63) is 17.7 Å². The summed E-state index contributed by atoms with van der Waals surface area (Å²) in [4.78, 5) is 4.93.